The van der Waals surface area contributed by atoms with Gasteiger partial charge in [0.2, 0.25) is 0 Å². The minimum Gasteiger partial charge on any atom is -0.437 e. The lowest BCUT2D eigenvalue weighted by Gasteiger charge is -2.02. The number of ether oxygens (including phenoxy) is 2. The monoisotopic (exact) mass is 313 g/mol. The molecule has 0 N–H and O–H groups in total. The van der Waals surface area contributed by atoms with Crippen molar-refractivity contribution in [3.8, 4) is 17.0 Å². The second-order valence-electron chi connectivity index (χ2n) is 4.62. The van der Waals surface area contributed by atoms with Gasteiger partial charge in [-0.3, -0.25) is 10.1 Å². The topological polar surface area (TPSA) is 96.0 Å². The molecule has 8 heteroatoms. The van der Waals surface area contributed by atoms with Crippen LogP contribution in [0.2, 0.25) is 0 Å². The average molecular weight is 313 g/mol. The van der Waals surface area contributed by atoms with Gasteiger partial charge in [-0.05, 0) is 24.3 Å². The molecule has 8 nitrogen and oxygen atoms in total. The van der Waals surface area contributed by atoms with Gasteiger partial charge >= 0.3 is 6.16 Å². The number of carbonyl (C=O) groups is 1. The second kappa shape index (κ2) is 5.76. The van der Waals surface area contributed by atoms with Crippen LogP contribution in [0.25, 0.3) is 16.9 Å². The van der Waals surface area contributed by atoms with Gasteiger partial charge in [-0.25, -0.2) is 9.78 Å². The molecule has 0 spiro atoms. The van der Waals surface area contributed by atoms with E-state index >= 15 is 0 Å². The van der Waals surface area contributed by atoms with Crippen LogP contribution in [0.3, 0.4) is 0 Å². The molecule has 0 saturated heterocycles. The summed E-state index contributed by atoms with van der Waals surface area (Å²) in [5.41, 5.74) is 2.06. The standard InChI is InChI=1S/C15H11N3O5/c1-22-15(19)23-12-6-7-14-16-13(9-17(14)8-12)10-2-4-11(5-3-10)18(20)21/h2-9H,1H3. The fourth-order valence-corrected chi connectivity index (χ4v) is 2.06. The average Bonchev–Trinajstić information content (AvgIpc) is 2.98. The Morgan fingerprint density at radius 1 is 1.17 bits per heavy atom. The molecule has 23 heavy (non-hydrogen) atoms. The van der Waals surface area contributed by atoms with Crippen molar-refractivity contribution in [1.82, 2.24) is 9.38 Å². The number of carbonyl (C=O) groups excluding carboxylic acids is 1. The first-order valence-corrected chi connectivity index (χ1v) is 6.56. The molecule has 0 saturated carbocycles. The Balaban J connectivity index is 1.93. The van der Waals surface area contributed by atoms with Crippen molar-refractivity contribution in [3.05, 3.63) is 58.9 Å². The van der Waals surface area contributed by atoms with E-state index in [2.05, 4.69) is 9.72 Å². The van der Waals surface area contributed by atoms with Crippen LogP contribution in [0, 0.1) is 10.1 Å². The van der Waals surface area contributed by atoms with E-state index in [1.807, 2.05) is 0 Å². The second-order valence-corrected chi connectivity index (χ2v) is 4.62. The van der Waals surface area contributed by atoms with Crippen LogP contribution in [0.15, 0.2) is 48.8 Å². The molecule has 3 aromatic rings. The third-order valence-electron chi connectivity index (χ3n) is 3.17. The predicted octanol–water partition coefficient (Wildman–Crippen LogP) is 3.05. The van der Waals surface area contributed by atoms with Crippen LogP contribution < -0.4 is 4.74 Å². The third-order valence-corrected chi connectivity index (χ3v) is 3.17. The number of nitrogens with zero attached hydrogens (tertiary/aromatic N) is 3. The SMILES string of the molecule is COC(=O)Oc1ccc2nc(-c3ccc([N+](=O)[O-])cc3)cn2c1. The zero-order valence-electron chi connectivity index (χ0n) is 12.0. The fourth-order valence-electron chi connectivity index (χ4n) is 2.06. The molecular formula is C15H11N3O5. The maximum absolute atomic E-state index is 11.1. The number of hydrogen-bond acceptors (Lipinski definition) is 6. The zero-order chi connectivity index (χ0) is 16.4. The molecular weight excluding hydrogens is 302 g/mol. The number of nitro benzene ring substituents is 1. The Labute approximate surface area is 130 Å². The van der Waals surface area contributed by atoms with E-state index in [9.17, 15) is 14.9 Å². The first-order valence-electron chi connectivity index (χ1n) is 6.56. The van der Waals surface area contributed by atoms with Gasteiger partial charge in [0, 0.05) is 23.9 Å². The summed E-state index contributed by atoms with van der Waals surface area (Å²) in [6.07, 6.45) is 2.52. The number of nitro groups is 1. The van der Waals surface area contributed by atoms with Gasteiger partial charge in [-0.2, -0.15) is 0 Å². The summed E-state index contributed by atoms with van der Waals surface area (Å²) in [6, 6.07) is 9.39. The highest BCUT2D eigenvalue weighted by atomic mass is 16.7. The van der Waals surface area contributed by atoms with Crippen molar-refractivity contribution >= 4 is 17.5 Å². The van der Waals surface area contributed by atoms with Crippen molar-refractivity contribution in [2.75, 3.05) is 7.11 Å². The number of methoxy groups -OCH3 is 1. The lowest BCUT2D eigenvalue weighted by atomic mass is 10.1. The largest absolute Gasteiger partial charge is 0.513 e. The third kappa shape index (κ3) is 2.95. The van der Waals surface area contributed by atoms with E-state index in [1.54, 1.807) is 41.1 Å². The van der Waals surface area contributed by atoms with Crippen LogP contribution in [0.5, 0.6) is 5.75 Å². The highest BCUT2D eigenvalue weighted by molar-refractivity contribution is 5.66. The van der Waals surface area contributed by atoms with Gasteiger partial charge < -0.3 is 13.9 Å². The predicted molar refractivity (Wildman–Crippen MR) is 80.3 cm³/mol. The molecule has 0 aliphatic heterocycles. The van der Waals surface area contributed by atoms with E-state index in [4.69, 9.17) is 4.74 Å². The number of imidazole rings is 1. The van der Waals surface area contributed by atoms with Gasteiger partial charge in [0.1, 0.15) is 5.65 Å². The molecule has 3 rings (SSSR count). The number of hydrogen-bond donors (Lipinski definition) is 0. The lowest BCUT2D eigenvalue weighted by molar-refractivity contribution is -0.384. The highest BCUT2D eigenvalue weighted by Crippen LogP contribution is 2.23. The smallest absolute Gasteiger partial charge is 0.437 e. The summed E-state index contributed by atoms with van der Waals surface area (Å²) in [5.74, 6) is 0.317. The van der Waals surface area contributed by atoms with Crippen LogP contribution in [0.4, 0.5) is 10.5 Å². The van der Waals surface area contributed by atoms with Gasteiger partial charge in [-0.1, -0.05) is 0 Å². The summed E-state index contributed by atoms with van der Waals surface area (Å²) in [5, 5.41) is 10.7. The van der Waals surface area contributed by atoms with Crippen molar-refractivity contribution in [2.24, 2.45) is 0 Å². The molecule has 2 heterocycles. The molecule has 0 atom stereocenters. The molecule has 116 valence electrons. The molecule has 0 radical (unpaired) electrons. The molecule has 0 fully saturated rings. The first kappa shape index (κ1) is 14.5. The van der Waals surface area contributed by atoms with Crippen LogP contribution in [-0.2, 0) is 4.74 Å². The number of aromatic nitrogens is 2. The molecule has 0 bridgehead atoms. The van der Waals surface area contributed by atoms with E-state index in [-0.39, 0.29) is 5.69 Å². The Bertz CT molecular complexity index is 886. The Morgan fingerprint density at radius 2 is 1.91 bits per heavy atom. The lowest BCUT2D eigenvalue weighted by Crippen LogP contribution is -2.07. The molecule has 1 aromatic carbocycles. The van der Waals surface area contributed by atoms with Gasteiger partial charge in [0.25, 0.3) is 5.69 Å². The minimum atomic E-state index is -0.806. The van der Waals surface area contributed by atoms with E-state index < -0.39 is 11.1 Å². The van der Waals surface area contributed by atoms with Gasteiger partial charge in [0.15, 0.2) is 5.75 Å². The Kier molecular flexibility index (Phi) is 3.63. The quantitative estimate of drug-likeness (QED) is 0.419. The van der Waals surface area contributed by atoms with E-state index in [0.717, 1.165) is 5.56 Å². The van der Waals surface area contributed by atoms with Crippen molar-refractivity contribution < 1.29 is 19.2 Å². The van der Waals surface area contributed by atoms with Crippen LogP contribution in [0.1, 0.15) is 0 Å². The zero-order valence-corrected chi connectivity index (χ0v) is 12.0. The number of fused-ring (bicyclic) bond motifs is 1. The molecule has 0 aliphatic rings. The summed E-state index contributed by atoms with van der Waals surface area (Å²) in [6.45, 7) is 0. The number of non-ortho nitro benzene ring substituents is 1. The summed E-state index contributed by atoms with van der Waals surface area (Å²) in [7, 11) is 1.23. The maximum Gasteiger partial charge on any atom is 0.513 e. The molecule has 0 aliphatic carbocycles. The maximum atomic E-state index is 11.1. The van der Waals surface area contributed by atoms with Gasteiger partial charge in [0.05, 0.1) is 23.9 Å². The van der Waals surface area contributed by atoms with Crippen molar-refractivity contribution in [1.29, 1.82) is 0 Å². The Hall–Kier alpha value is -3.42. The highest BCUT2D eigenvalue weighted by Gasteiger charge is 2.10. The summed E-state index contributed by atoms with van der Waals surface area (Å²) < 4.78 is 11.1. The first-order chi connectivity index (χ1) is 11.1. The summed E-state index contributed by atoms with van der Waals surface area (Å²) in [4.78, 5) is 25.7. The minimum absolute atomic E-state index is 0.0197. The Morgan fingerprint density at radius 3 is 2.57 bits per heavy atom. The van der Waals surface area contributed by atoms with Crippen LogP contribution >= 0.6 is 0 Å². The van der Waals surface area contributed by atoms with Gasteiger partial charge in [-0.15, -0.1) is 0 Å². The number of benzene rings is 1. The molecule has 0 unspecified atom stereocenters. The molecule has 0 amide bonds. The van der Waals surface area contributed by atoms with E-state index in [0.29, 0.717) is 17.1 Å². The van der Waals surface area contributed by atoms with Crippen molar-refractivity contribution in [2.45, 2.75) is 0 Å². The summed E-state index contributed by atoms with van der Waals surface area (Å²) >= 11 is 0. The molecule has 2 aromatic heterocycles. The van der Waals surface area contributed by atoms with E-state index in [1.165, 1.54) is 19.2 Å². The number of rotatable bonds is 3. The van der Waals surface area contributed by atoms with Crippen LogP contribution in [-0.4, -0.2) is 27.6 Å². The fraction of sp³-hybridized carbons (Fsp3) is 0.0667. The number of pyridine rings is 1. The normalized spacial score (nSPS) is 10.5. The van der Waals surface area contributed by atoms with Crippen molar-refractivity contribution in [3.63, 3.8) is 0 Å².